The number of nitrogens with one attached hydrogen (secondary N) is 1. The van der Waals surface area contributed by atoms with E-state index in [-0.39, 0.29) is 5.54 Å². The van der Waals surface area contributed by atoms with E-state index in [2.05, 4.69) is 24.1 Å². The third-order valence-electron chi connectivity index (χ3n) is 4.71. The topological polar surface area (TPSA) is 32.3 Å². The summed E-state index contributed by atoms with van der Waals surface area (Å²) in [6, 6.07) is 0. The first-order valence-electron chi connectivity index (χ1n) is 7.25. The summed E-state index contributed by atoms with van der Waals surface area (Å²) < 4.78 is 0. The summed E-state index contributed by atoms with van der Waals surface area (Å²) in [5.41, 5.74) is -0.122. The van der Waals surface area contributed by atoms with Crippen molar-refractivity contribution < 1.29 is 4.79 Å². The molecule has 3 aliphatic rings. The predicted molar refractivity (Wildman–Crippen MR) is 67.4 cm³/mol. The van der Waals surface area contributed by atoms with Gasteiger partial charge in [0.1, 0.15) is 0 Å². The van der Waals surface area contributed by atoms with Gasteiger partial charge in [0.15, 0.2) is 0 Å². The molecule has 1 saturated heterocycles. The number of hydrogen-bond donors (Lipinski definition) is 1. The highest BCUT2D eigenvalue weighted by molar-refractivity contribution is 5.91. The predicted octanol–water partition coefficient (Wildman–Crippen LogP) is 2.12. The minimum atomic E-state index is -0.122. The summed E-state index contributed by atoms with van der Waals surface area (Å²) in [5.74, 6) is 1.97. The number of amides is 1. The average Bonchev–Trinajstić information content (AvgIpc) is 3.15. The van der Waals surface area contributed by atoms with Crippen LogP contribution in [0.15, 0.2) is 0 Å². The van der Waals surface area contributed by atoms with E-state index in [4.69, 9.17) is 0 Å². The molecule has 0 bridgehead atoms. The van der Waals surface area contributed by atoms with Gasteiger partial charge in [0.2, 0.25) is 5.91 Å². The lowest BCUT2D eigenvalue weighted by Gasteiger charge is -2.27. The fraction of sp³-hybridized carbons (Fsp3) is 0.929. The van der Waals surface area contributed by atoms with Gasteiger partial charge in [-0.05, 0) is 43.9 Å². The second-order valence-corrected chi connectivity index (χ2v) is 6.30. The van der Waals surface area contributed by atoms with Crippen molar-refractivity contribution in [1.29, 1.82) is 0 Å². The molecule has 1 amide bonds. The molecule has 17 heavy (non-hydrogen) atoms. The Morgan fingerprint density at radius 2 is 2.18 bits per heavy atom. The van der Waals surface area contributed by atoms with Crippen LogP contribution in [0.3, 0.4) is 0 Å². The summed E-state index contributed by atoms with van der Waals surface area (Å²) in [4.78, 5) is 14.6. The Morgan fingerprint density at radius 3 is 2.71 bits per heavy atom. The minimum Gasteiger partial charge on any atom is -0.325 e. The van der Waals surface area contributed by atoms with Crippen LogP contribution < -0.4 is 5.32 Å². The van der Waals surface area contributed by atoms with Gasteiger partial charge < -0.3 is 4.90 Å². The van der Waals surface area contributed by atoms with Crippen LogP contribution in [-0.4, -0.2) is 29.1 Å². The first-order chi connectivity index (χ1) is 8.16. The van der Waals surface area contributed by atoms with Crippen LogP contribution in [0.2, 0.25) is 0 Å². The third-order valence-corrected chi connectivity index (χ3v) is 4.71. The smallest absolute Gasteiger partial charge is 0.244 e. The van der Waals surface area contributed by atoms with Gasteiger partial charge in [-0.2, -0.15) is 0 Å². The zero-order chi connectivity index (χ0) is 12.0. The van der Waals surface area contributed by atoms with Crippen molar-refractivity contribution in [3.8, 4) is 0 Å². The fourth-order valence-corrected chi connectivity index (χ4v) is 3.19. The lowest BCUT2D eigenvalue weighted by atomic mass is 10.1. The zero-order valence-corrected chi connectivity index (χ0v) is 11.0. The summed E-state index contributed by atoms with van der Waals surface area (Å²) in [6.07, 6.45) is 7.43. The van der Waals surface area contributed by atoms with Crippen molar-refractivity contribution in [1.82, 2.24) is 10.2 Å². The fourth-order valence-electron chi connectivity index (χ4n) is 3.19. The molecule has 2 atom stereocenters. The second kappa shape index (κ2) is 3.98. The van der Waals surface area contributed by atoms with Crippen molar-refractivity contribution in [2.24, 2.45) is 11.8 Å². The summed E-state index contributed by atoms with van der Waals surface area (Å²) in [6.45, 7) is 5.49. The molecular weight excluding hydrogens is 212 g/mol. The number of carbonyl (C=O) groups is 1. The third kappa shape index (κ3) is 1.99. The molecule has 0 radical (unpaired) electrons. The van der Waals surface area contributed by atoms with Crippen LogP contribution >= 0.6 is 0 Å². The summed E-state index contributed by atoms with van der Waals surface area (Å²) in [7, 11) is 0. The average molecular weight is 236 g/mol. The lowest BCUT2D eigenvalue weighted by molar-refractivity contribution is -0.131. The molecule has 2 unspecified atom stereocenters. The molecule has 1 heterocycles. The van der Waals surface area contributed by atoms with Gasteiger partial charge in [-0.1, -0.05) is 20.3 Å². The quantitative estimate of drug-likeness (QED) is 0.793. The first kappa shape index (κ1) is 11.5. The Labute approximate surface area is 104 Å². The number of nitrogens with zero attached hydrogens (tertiary/aromatic N) is 1. The highest BCUT2D eigenvalue weighted by atomic mass is 16.2. The highest BCUT2D eigenvalue weighted by Gasteiger charge is 2.58. The molecule has 1 aliphatic heterocycles. The van der Waals surface area contributed by atoms with E-state index in [1.807, 2.05) is 0 Å². The Kier molecular flexibility index (Phi) is 2.69. The molecule has 3 heteroatoms. The highest BCUT2D eigenvalue weighted by Crippen LogP contribution is 2.44. The molecule has 3 rings (SSSR count). The Bertz CT molecular complexity index is 320. The van der Waals surface area contributed by atoms with Crippen LogP contribution in [0.1, 0.15) is 52.4 Å². The van der Waals surface area contributed by atoms with Crippen molar-refractivity contribution in [2.75, 3.05) is 6.54 Å². The Hall–Kier alpha value is -0.570. The molecule has 1 N–H and O–H groups in total. The summed E-state index contributed by atoms with van der Waals surface area (Å²) in [5, 5.41) is 3.58. The summed E-state index contributed by atoms with van der Waals surface area (Å²) >= 11 is 0. The largest absolute Gasteiger partial charge is 0.325 e. The number of rotatable bonds is 5. The van der Waals surface area contributed by atoms with Gasteiger partial charge in [-0.15, -0.1) is 0 Å². The van der Waals surface area contributed by atoms with Crippen LogP contribution in [0, 0.1) is 11.8 Å². The van der Waals surface area contributed by atoms with Crippen LogP contribution in [0.4, 0.5) is 0 Å². The number of hydrogen-bond acceptors (Lipinski definition) is 2. The molecule has 1 spiro atoms. The molecule has 3 fully saturated rings. The molecule has 0 aromatic rings. The molecule has 96 valence electrons. The molecule has 2 saturated carbocycles. The van der Waals surface area contributed by atoms with E-state index >= 15 is 0 Å². The Morgan fingerprint density at radius 1 is 1.47 bits per heavy atom. The monoisotopic (exact) mass is 236 g/mol. The van der Waals surface area contributed by atoms with E-state index in [0.717, 1.165) is 38.1 Å². The maximum absolute atomic E-state index is 12.4. The van der Waals surface area contributed by atoms with E-state index in [1.54, 1.807) is 0 Å². The van der Waals surface area contributed by atoms with Gasteiger partial charge in [-0.25, -0.2) is 0 Å². The lowest BCUT2D eigenvalue weighted by Crippen LogP contribution is -2.40. The van der Waals surface area contributed by atoms with Crippen molar-refractivity contribution in [3.05, 3.63) is 0 Å². The van der Waals surface area contributed by atoms with Crippen molar-refractivity contribution in [3.63, 3.8) is 0 Å². The molecule has 0 aromatic heterocycles. The molecule has 2 aliphatic carbocycles. The SMILES string of the molecule is CCCC1NC2(CC2)C(=O)N1CC(C)C1CC1. The van der Waals surface area contributed by atoms with Crippen molar-refractivity contribution >= 4 is 5.91 Å². The standard InChI is InChI=1S/C14H24N2O/c1-3-4-12-15-14(7-8-14)13(17)16(12)9-10(2)11-5-6-11/h10-12,15H,3-9H2,1-2H3. The maximum atomic E-state index is 12.4. The van der Waals surface area contributed by atoms with Crippen LogP contribution in [0.25, 0.3) is 0 Å². The van der Waals surface area contributed by atoms with E-state index in [0.29, 0.717) is 18.0 Å². The minimum absolute atomic E-state index is 0.122. The van der Waals surface area contributed by atoms with E-state index < -0.39 is 0 Å². The van der Waals surface area contributed by atoms with Gasteiger partial charge in [0.25, 0.3) is 0 Å². The van der Waals surface area contributed by atoms with E-state index in [9.17, 15) is 4.79 Å². The van der Waals surface area contributed by atoms with Gasteiger partial charge >= 0.3 is 0 Å². The molecule has 3 nitrogen and oxygen atoms in total. The van der Waals surface area contributed by atoms with Crippen LogP contribution in [-0.2, 0) is 4.79 Å². The Balaban J connectivity index is 1.67. The maximum Gasteiger partial charge on any atom is 0.244 e. The van der Waals surface area contributed by atoms with E-state index in [1.165, 1.54) is 12.8 Å². The molecular formula is C14H24N2O. The van der Waals surface area contributed by atoms with Gasteiger partial charge in [-0.3, -0.25) is 10.1 Å². The van der Waals surface area contributed by atoms with Crippen molar-refractivity contribution in [2.45, 2.75) is 64.1 Å². The second-order valence-electron chi connectivity index (χ2n) is 6.30. The van der Waals surface area contributed by atoms with Crippen LogP contribution in [0.5, 0.6) is 0 Å². The zero-order valence-electron chi connectivity index (χ0n) is 11.0. The molecule has 0 aromatic carbocycles. The van der Waals surface area contributed by atoms with Gasteiger partial charge in [0, 0.05) is 6.54 Å². The van der Waals surface area contributed by atoms with Gasteiger partial charge in [0.05, 0.1) is 11.7 Å². The normalized spacial score (nSPS) is 32.2. The number of carbonyl (C=O) groups excluding carboxylic acids is 1. The first-order valence-corrected chi connectivity index (χ1v) is 7.25.